The minimum atomic E-state index is 0.0291. The van der Waals surface area contributed by atoms with Crippen molar-refractivity contribution in [2.75, 3.05) is 22.9 Å². The largest absolute Gasteiger partial charge is 0.308 e. The minimum Gasteiger partial charge on any atom is -0.308 e. The number of hydrogen-bond acceptors (Lipinski definition) is 4. The molecule has 0 atom stereocenters. The monoisotopic (exact) mass is 632 g/mol. The maximum atomic E-state index is 12.7. The Bertz CT molecular complexity index is 1370. The molecule has 8 heteroatoms. The molecule has 2 aromatic heterocycles. The van der Waals surface area contributed by atoms with Gasteiger partial charge in [0.1, 0.15) is 0 Å². The molecule has 0 saturated heterocycles. The van der Waals surface area contributed by atoms with E-state index in [1.54, 1.807) is 36.9 Å². The second-order valence-corrected chi connectivity index (χ2v) is 10.8. The number of pyridine rings is 2. The van der Waals surface area contributed by atoms with E-state index in [0.717, 1.165) is 59.1 Å². The zero-order chi connectivity index (χ0) is 26.5. The quantitative estimate of drug-likeness (QED) is 0.242. The van der Waals surface area contributed by atoms with Gasteiger partial charge in [0.15, 0.2) is 0 Å². The molecule has 0 aliphatic carbocycles. The number of nitrogens with zero attached hydrogens (tertiary/aromatic N) is 4. The molecule has 2 amide bonds. The van der Waals surface area contributed by atoms with E-state index in [-0.39, 0.29) is 11.8 Å². The maximum absolute atomic E-state index is 12.7. The summed E-state index contributed by atoms with van der Waals surface area (Å²) < 4.78 is 1.48. The zero-order valence-electron chi connectivity index (χ0n) is 20.7. The van der Waals surface area contributed by atoms with Crippen molar-refractivity contribution < 1.29 is 9.59 Å². The first kappa shape index (κ1) is 26.3. The van der Waals surface area contributed by atoms with Crippen LogP contribution in [0.1, 0.15) is 44.7 Å². The summed E-state index contributed by atoms with van der Waals surface area (Å²) in [6, 6.07) is 19.7. The number of aromatic nitrogens is 2. The molecule has 6 nitrogen and oxygen atoms in total. The summed E-state index contributed by atoms with van der Waals surface area (Å²) in [6.07, 6.45) is 10.7. The van der Waals surface area contributed by atoms with E-state index < -0.39 is 0 Å². The molecule has 38 heavy (non-hydrogen) atoms. The first-order valence-electron chi connectivity index (χ1n) is 12.5. The molecule has 4 heterocycles. The summed E-state index contributed by atoms with van der Waals surface area (Å²) in [7, 11) is 0. The Morgan fingerprint density at radius 3 is 1.47 bits per heavy atom. The molecular formula is C30H26Br2N4O2. The second kappa shape index (κ2) is 12.0. The van der Waals surface area contributed by atoms with Gasteiger partial charge in [-0.05, 0) is 92.9 Å². The number of carbonyl (C=O) groups is 2. The number of hydrogen-bond donors (Lipinski definition) is 0. The molecule has 0 saturated carbocycles. The molecule has 2 aliphatic rings. The highest BCUT2D eigenvalue weighted by Gasteiger charge is 2.25. The number of fused-ring (bicyclic) bond motifs is 2. The van der Waals surface area contributed by atoms with Crippen LogP contribution < -0.4 is 9.80 Å². The van der Waals surface area contributed by atoms with Crippen molar-refractivity contribution in [3.8, 4) is 0 Å². The lowest BCUT2D eigenvalue weighted by Gasteiger charge is -2.29. The van der Waals surface area contributed by atoms with E-state index in [9.17, 15) is 9.59 Å². The van der Waals surface area contributed by atoms with Gasteiger partial charge in [-0.3, -0.25) is 19.6 Å². The van der Waals surface area contributed by atoms with Gasteiger partial charge >= 0.3 is 0 Å². The van der Waals surface area contributed by atoms with Gasteiger partial charge in [0, 0.05) is 58.2 Å². The van der Waals surface area contributed by atoms with Crippen molar-refractivity contribution in [2.45, 2.75) is 25.7 Å². The maximum Gasteiger partial charge on any atom is 0.259 e. The zero-order valence-corrected chi connectivity index (χ0v) is 23.9. The van der Waals surface area contributed by atoms with E-state index in [2.05, 4.69) is 54.0 Å². The summed E-state index contributed by atoms with van der Waals surface area (Å²) in [5, 5.41) is 0. The van der Waals surface area contributed by atoms with Crippen LogP contribution in [-0.2, 0) is 12.8 Å². The van der Waals surface area contributed by atoms with E-state index in [1.807, 2.05) is 46.2 Å². The average molecular weight is 634 g/mol. The predicted octanol–water partition coefficient (Wildman–Crippen LogP) is 6.87. The van der Waals surface area contributed by atoms with Crippen LogP contribution in [0, 0.1) is 0 Å². The SMILES string of the molecule is O=C(c1ccncc1Br)N1CCCc2ccccc21.O=C(c1ccncc1Br)N1CCCc2ccccc21. The molecule has 0 fully saturated rings. The van der Waals surface area contributed by atoms with Gasteiger partial charge in [0.05, 0.1) is 11.1 Å². The Labute approximate surface area is 239 Å². The standard InChI is InChI=1S/2C15H13BrN2O/c2*16-13-10-17-8-7-12(13)15(19)18-9-3-5-11-4-1-2-6-14(11)18/h2*1-2,4,6-8,10H,3,5,9H2. The van der Waals surface area contributed by atoms with Gasteiger partial charge in [-0.1, -0.05) is 36.4 Å². The molecule has 6 rings (SSSR count). The van der Waals surface area contributed by atoms with Gasteiger partial charge in [-0.2, -0.15) is 0 Å². The first-order chi connectivity index (χ1) is 18.5. The fraction of sp³-hybridized carbons (Fsp3) is 0.200. The summed E-state index contributed by atoms with van der Waals surface area (Å²) in [5.74, 6) is 0.0582. The third kappa shape index (κ3) is 5.56. The number of para-hydroxylation sites is 2. The van der Waals surface area contributed by atoms with Gasteiger partial charge in [-0.25, -0.2) is 0 Å². The van der Waals surface area contributed by atoms with Crippen LogP contribution in [0.4, 0.5) is 11.4 Å². The lowest BCUT2D eigenvalue weighted by molar-refractivity contribution is 0.0976. The third-order valence-corrected chi connectivity index (χ3v) is 7.98. The molecule has 0 unspecified atom stereocenters. The Morgan fingerprint density at radius 1 is 0.632 bits per heavy atom. The van der Waals surface area contributed by atoms with Crippen LogP contribution in [-0.4, -0.2) is 34.9 Å². The number of halogens is 2. The van der Waals surface area contributed by atoms with Crippen molar-refractivity contribution >= 4 is 55.0 Å². The Hall–Kier alpha value is -3.36. The molecule has 192 valence electrons. The van der Waals surface area contributed by atoms with Crippen LogP contribution in [0.3, 0.4) is 0 Å². The third-order valence-electron chi connectivity index (χ3n) is 6.72. The highest BCUT2D eigenvalue weighted by molar-refractivity contribution is 9.10. The van der Waals surface area contributed by atoms with E-state index in [1.165, 1.54) is 11.1 Å². The molecule has 2 aromatic carbocycles. The normalized spacial score (nSPS) is 14.1. The molecule has 2 aliphatic heterocycles. The Kier molecular flexibility index (Phi) is 8.29. The molecular weight excluding hydrogens is 608 g/mol. The predicted molar refractivity (Wildman–Crippen MR) is 157 cm³/mol. The van der Waals surface area contributed by atoms with Crippen LogP contribution in [0.5, 0.6) is 0 Å². The Morgan fingerprint density at radius 2 is 1.05 bits per heavy atom. The average Bonchev–Trinajstić information content (AvgIpc) is 2.97. The molecule has 0 spiro atoms. The van der Waals surface area contributed by atoms with Crippen molar-refractivity contribution in [1.82, 2.24) is 9.97 Å². The van der Waals surface area contributed by atoms with Crippen molar-refractivity contribution in [1.29, 1.82) is 0 Å². The number of carbonyl (C=O) groups excluding carboxylic acids is 2. The summed E-state index contributed by atoms with van der Waals surface area (Å²) in [4.78, 5) is 37.0. The van der Waals surface area contributed by atoms with Gasteiger partial charge in [0.25, 0.3) is 11.8 Å². The minimum absolute atomic E-state index is 0.0291. The number of benzene rings is 2. The van der Waals surface area contributed by atoms with Crippen LogP contribution in [0.25, 0.3) is 0 Å². The number of anilines is 2. The second-order valence-electron chi connectivity index (χ2n) is 9.09. The molecule has 4 aromatic rings. The fourth-order valence-corrected chi connectivity index (χ4v) is 5.72. The lowest BCUT2D eigenvalue weighted by atomic mass is 10.0. The molecule has 0 radical (unpaired) electrons. The van der Waals surface area contributed by atoms with Gasteiger partial charge in [0.2, 0.25) is 0 Å². The smallest absolute Gasteiger partial charge is 0.259 e. The number of aryl methyl sites for hydroxylation is 2. The van der Waals surface area contributed by atoms with Crippen molar-refractivity contribution in [3.63, 3.8) is 0 Å². The fourth-order valence-electron chi connectivity index (χ4n) is 4.88. The number of rotatable bonds is 2. The molecule has 0 bridgehead atoms. The van der Waals surface area contributed by atoms with Crippen LogP contribution >= 0.6 is 31.9 Å². The number of amides is 2. The molecule has 0 N–H and O–H groups in total. The summed E-state index contributed by atoms with van der Waals surface area (Å²) >= 11 is 6.79. The van der Waals surface area contributed by atoms with E-state index in [0.29, 0.717) is 11.1 Å². The van der Waals surface area contributed by atoms with Crippen molar-refractivity contribution in [3.05, 3.63) is 117 Å². The summed E-state index contributed by atoms with van der Waals surface area (Å²) in [5.41, 5.74) is 5.86. The van der Waals surface area contributed by atoms with Crippen LogP contribution in [0.15, 0.2) is 94.4 Å². The summed E-state index contributed by atoms with van der Waals surface area (Å²) in [6.45, 7) is 1.54. The topological polar surface area (TPSA) is 66.4 Å². The van der Waals surface area contributed by atoms with Gasteiger partial charge in [-0.15, -0.1) is 0 Å². The van der Waals surface area contributed by atoms with E-state index >= 15 is 0 Å². The van der Waals surface area contributed by atoms with Gasteiger partial charge < -0.3 is 9.80 Å². The van der Waals surface area contributed by atoms with E-state index in [4.69, 9.17) is 0 Å². The highest BCUT2D eigenvalue weighted by atomic mass is 79.9. The first-order valence-corrected chi connectivity index (χ1v) is 14.1. The lowest BCUT2D eigenvalue weighted by Crippen LogP contribution is -2.35. The van der Waals surface area contributed by atoms with Crippen molar-refractivity contribution in [2.24, 2.45) is 0 Å². The Balaban J connectivity index is 0.000000155. The highest BCUT2D eigenvalue weighted by Crippen LogP contribution is 2.30. The van der Waals surface area contributed by atoms with Crippen LogP contribution in [0.2, 0.25) is 0 Å².